The Labute approximate surface area is 271 Å². The van der Waals surface area contributed by atoms with E-state index in [2.05, 4.69) is 148 Å². The Kier molecular flexibility index (Phi) is 6.87. The maximum atomic E-state index is 5.07. The van der Waals surface area contributed by atoms with Crippen molar-refractivity contribution in [3.05, 3.63) is 162 Å². The molecule has 6 aromatic rings. The van der Waals surface area contributed by atoms with Gasteiger partial charge in [-0.05, 0) is 88.1 Å². The number of nitrogens with zero attached hydrogens (tertiary/aromatic N) is 2. The molecule has 46 heavy (non-hydrogen) atoms. The van der Waals surface area contributed by atoms with Gasteiger partial charge in [0.2, 0.25) is 0 Å². The van der Waals surface area contributed by atoms with E-state index in [4.69, 9.17) is 9.97 Å². The van der Waals surface area contributed by atoms with Gasteiger partial charge in [0.25, 0.3) is 0 Å². The zero-order chi connectivity index (χ0) is 31.3. The Bertz CT molecular complexity index is 2090. The van der Waals surface area contributed by atoms with Crippen LogP contribution < -0.4 is 0 Å². The Morgan fingerprint density at radius 1 is 0.500 bits per heavy atom. The third kappa shape index (κ3) is 4.91. The van der Waals surface area contributed by atoms with Gasteiger partial charge in [0.1, 0.15) is 0 Å². The molecular formula is C44H36N2. The van der Waals surface area contributed by atoms with Crippen molar-refractivity contribution in [3.8, 4) is 56.2 Å². The third-order valence-corrected chi connectivity index (χ3v) is 9.70. The molecule has 0 unspecified atom stereocenters. The number of aromatic nitrogens is 2. The molecule has 1 aromatic heterocycles. The van der Waals surface area contributed by atoms with Crippen molar-refractivity contribution in [2.24, 2.45) is 0 Å². The van der Waals surface area contributed by atoms with Crippen molar-refractivity contribution >= 4 is 5.57 Å². The summed E-state index contributed by atoms with van der Waals surface area (Å²) in [6.45, 7) is 6.90. The zero-order valence-corrected chi connectivity index (χ0v) is 26.6. The lowest BCUT2D eigenvalue weighted by Gasteiger charge is -2.23. The lowest BCUT2D eigenvalue weighted by atomic mass is 9.80. The summed E-state index contributed by atoms with van der Waals surface area (Å²) in [5.41, 5.74) is 16.9. The Morgan fingerprint density at radius 2 is 1.07 bits per heavy atom. The van der Waals surface area contributed by atoms with Crippen LogP contribution in [0.15, 0.2) is 145 Å². The summed E-state index contributed by atoms with van der Waals surface area (Å²) in [6.07, 6.45) is 7.16. The molecule has 8 rings (SSSR count). The Balaban J connectivity index is 1.16. The van der Waals surface area contributed by atoms with Crippen molar-refractivity contribution in [2.75, 3.05) is 0 Å². The van der Waals surface area contributed by atoms with Crippen LogP contribution in [0.3, 0.4) is 0 Å². The number of hydrogen-bond donors (Lipinski definition) is 0. The van der Waals surface area contributed by atoms with Gasteiger partial charge >= 0.3 is 0 Å². The molecule has 2 heteroatoms. The summed E-state index contributed by atoms with van der Waals surface area (Å²) in [6, 6.07) is 45.4. The third-order valence-electron chi connectivity index (χ3n) is 9.70. The molecule has 2 aliphatic carbocycles. The second-order valence-electron chi connectivity index (χ2n) is 13.0. The van der Waals surface area contributed by atoms with Gasteiger partial charge in [0, 0.05) is 22.1 Å². The van der Waals surface area contributed by atoms with E-state index < -0.39 is 0 Å². The number of fused-ring (bicyclic) bond motifs is 3. The normalized spacial score (nSPS) is 14.7. The van der Waals surface area contributed by atoms with E-state index in [1.807, 2.05) is 12.1 Å². The van der Waals surface area contributed by atoms with Crippen molar-refractivity contribution in [3.63, 3.8) is 0 Å². The minimum atomic E-state index is 0.0682. The highest BCUT2D eigenvalue weighted by molar-refractivity contribution is 5.92. The summed E-state index contributed by atoms with van der Waals surface area (Å²) in [7, 11) is 0. The molecule has 2 aliphatic rings. The van der Waals surface area contributed by atoms with Gasteiger partial charge in [-0.25, -0.2) is 9.97 Å². The van der Waals surface area contributed by atoms with E-state index in [0.717, 1.165) is 46.7 Å². The van der Waals surface area contributed by atoms with E-state index in [1.165, 1.54) is 50.1 Å². The molecular weight excluding hydrogens is 556 g/mol. The summed E-state index contributed by atoms with van der Waals surface area (Å²) < 4.78 is 0. The maximum absolute atomic E-state index is 5.07. The molecule has 0 saturated heterocycles. The second-order valence-corrected chi connectivity index (χ2v) is 13.0. The number of benzene rings is 5. The minimum Gasteiger partial charge on any atom is -0.228 e. The SMILES string of the molecule is Cc1ccc(-c2nc(-c3ccccc3)cc(-c3ccccc3)n2)cc1-c1ccc(-c2ccc3c(c2)C2=CCCC=C2C3(C)C)cc1. The minimum absolute atomic E-state index is 0.0682. The highest BCUT2D eigenvalue weighted by atomic mass is 14.9. The molecule has 0 N–H and O–H groups in total. The van der Waals surface area contributed by atoms with Crippen molar-refractivity contribution in [1.82, 2.24) is 9.97 Å². The average molecular weight is 593 g/mol. The molecule has 222 valence electrons. The van der Waals surface area contributed by atoms with Crippen molar-refractivity contribution in [1.29, 1.82) is 0 Å². The average Bonchev–Trinajstić information content (AvgIpc) is 3.35. The Morgan fingerprint density at radius 3 is 1.74 bits per heavy atom. The first-order valence-electron chi connectivity index (χ1n) is 16.2. The van der Waals surface area contributed by atoms with Gasteiger partial charge in [-0.3, -0.25) is 0 Å². The van der Waals surface area contributed by atoms with Crippen LogP contribution in [0.2, 0.25) is 0 Å². The van der Waals surface area contributed by atoms with Crippen molar-refractivity contribution in [2.45, 2.75) is 39.0 Å². The lowest BCUT2D eigenvalue weighted by molar-refractivity contribution is 0.654. The van der Waals surface area contributed by atoms with E-state index in [-0.39, 0.29) is 5.41 Å². The molecule has 5 aromatic carbocycles. The molecule has 0 fully saturated rings. The van der Waals surface area contributed by atoms with Crippen LogP contribution in [0.5, 0.6) is 0 Å². The van der Waals surface area contributed by atoms with Gasteiger partial charge in [-0.2, -0.15) is 0 Å². The van der Waals surface area contributed by atoms with Crippen LogP contribution in [-0.2, 0) is 5.41 Å². The van der Waals surface area contributed by atoms with Crippen LogP contribution >= 0.6 is 0 Å². The number of allylic oxidation sites excluding steroid dienone is 4. The number of aryl methyl sites for hydroxylation is 1. The standard InChI is InChI=1S/C44H36N2/c1-29-18-19-35(43-45-41(32-12-6-4-7-13-32)28-42(46-43)33-14-8-5-9-15-33)27-37(29)31-22-20-30(21-23-31)34-24-25-40-38(26-34)36-16-10-11-17-39(36)44(40,2)3/h4-9,12-28H,10-11H2,1-3H3. The van der Waals surface area contributed by atoms with E-state index in [9.17, 15) is 0 Å². The maximum Gasteiger partial charge on any atom is 0.160 e. The predicted octanol–water partition coefficient (Wildman–Crippen LogP) is 11.5. The molecule has 0 amide bonds. The van der Waals surface area contributed by atoms with Gasteiger partial charge in [-0.1, -0.05) is 135 Å². The second kappa shape index (κ2) is 11.2. The lowest BCUT2D eigenvalue weighted by Crippen LogP contribution is -2.15. The quantitative estimate of drug-likeness (QED) is 0.199. The van der Waals surface area contributed by atoms with Crippen LogP contribution in [0.1, 0.15) is 43.4 Å². The predicted molar refractivity (Wildman–Crippen MR) is 192 cm³/mol. The summed E-state index contributed by atoms with van der Waals surface area (Å²) >= 11 is 0. The number of hydrogen-bond acceptors (Lipinski definition) is 2. The summed E-state index contributed by atoms with van der Waals surface area (Å²) in [5.74, 6) is 0.726. The molecule has 0 saturated carbocycles. The van der Waals surface area contributed by atoms with Gasteiger partial charge in [0.05, 0.1) is 11.4 Å². The monoisotopic (exact) mass is 592 g/mol. The van der Waals surface area contributed by atoms with Gasteiger partial charge < -0.3 is 0 Å². The summed E-state index contributed by atoms with van der Waals surface area (Å²) in [4.78, 5) is 10.1. The first kappa shape index (κ1) is 28.2. The highest BCUT2D eigenvalue weighted by Crippen LogP contribution is 2.52. The molecule has 0 atom stereocenters. The smallest absolute Gasteiger partial charge is 0.160 e. The largest absolute Gasteiger partial charge is 0.228 e. The zero-order valence-electron chi connectivity index (χ0n) is 26.6. The Hall–Kier alpha value is -5.34. The van der Waals surface area contributed by atoms with Crippen LogP contribution in [0.25, 0.3) is 61.7 Å². The molecule has 1 heterocycles. The van der Waals surface area contributed by atoms with Crippen LogP contribution in [-0.4, -0.2) is 9.97 Å². The fraction of sp³-hybridized carbons (Fsp3) is 0.136. The van der Waals surface area contributed by atoms with Crippen LogP contribution in [0.4, 0.5) is 0 Å². The van der Waals surface area contributed by atoms with Crippen LogP contribution in [0, 0.1) is 6.92 Å². The first-order valence-corrected chi connectivity index (χ1v) is 16.2. The molecule has 2 nitrogen and oxygen atoms in total. The van der Waals surface area contributed by atoms with E-state index in [1.54, 1.807) is 0 Å². The summed E-state index contributed by atoms with van der Waals surface area (Å²) in [5, 5.41) is 0. The fourth-order valence-corrected chi connectivity index (χ4v) is 7.16. The van der Waals surface area contributed by atoms with E-state index in [0.29, 0.717) is 0 Å². The molecule has 0 spiro atoms. The topological polar surface area (TPSA) is 25.8 Å². The molecule has 0 aliphatic heterocycles. The molecule has 0 bridgehead atoms. The number of rotatable bonds is 5. The van der Waals surface area contributed by atoms with Gasteiger partial charge in [0.15, 0.2) is 5.82 Å². The fourth-order valence-electron chi connectivity index (χ4n) is 7.16. The highest BCUT2D eigenvalue weighted by Gasteiger charge is 2.38. The van der Waals surface area contributed by atoms with E-state index >= 15 is 0 Å². The molecule has 0 radical (unpaired) electrons. The van der Waals surface area contributed by atoms with Gasteiger partial charge in [-0.15, -0.1) is 0 Å². The first-order chi connectivity index (χ1) is 22.5. The van der Waals surface area contributed by atoms with Crippen molar-refractivity contribution < 1.29 is 0 Å².